The van der Waals surface area contributed by atoms with Gasteiger partial charge < -0.3 is 22.9 Å². The van der Waals surface area contributed by atoms with Crippen molar-refractivity contribution in [1.29, 1.82) is 0 Å². The Kier molecular flexibility index (Phi) is 7.00. The minimum Gasteiger partial charge on any atom is -0.399 e. The molecule has 0 aliphatic carbocycles. The van der Waals surface area contributed by atoms with Gasteiger partial charge >= 0.3 is 0 Å². The first-order valence-corrected chi connectivity index (χ1v) is 11.4. The third-order valence-electron chi connectivity index (χ3n) is 4.63. The Balaban J connectivity index is 0.000000186. The number of anilines is 4. The molecule has 4 aromatic rings. The van der Waals surface area contributed by atoms with Crippen molar-refractivity contribution in [3.8, 4) is 0 Å². The minimum absolute atomic E-state index is 0.0698. The molecular formula is C25H24N4O3S. The number of nitrogens with two attached hydrogens (primary N) is 4. The maximum atomic E-state index is 12.2. The zero-order valence-electron chi connectivity index (χ0n) is 17.7. The van der Waals surface area contributed by atoms with Crippen LogP contribution in [-0.2, 0) is 9.84 Å². The van der Waals surface area contributed by atoms with Crippen LogP contribution in [0.1, 0.15) is 15.9 Å². The van der Waals surface area contributed by atoms with Gasteiger partial charge in [-0.05, 0) is 60.7 Å². The second kappa shape index (κ2) is 9.88. The molecule has 0 atom stereocenters. The fraction of sp³-hybridized carbons (Fsp3) is 0. The first-order valence-electron chi connectivity index (χ1n) is 9.89. The molecule has 0 fully saturated rings. The summed E-state index contributed by atoms with van der Waals surface area (Å²) < 4.78 is 24.5. The maximum Gasteiger partial charge on any atom is 0.206 e. The van der Waals surface area contributed by atoms with Gasteiger partial charge in [-0.15, -0.1) is 0 Å². The zero-order chi connectivity index (χ0) is 24.0. The Morgan fingerprint density at radius 3 is 1.18 bits per heavy atom. The number of carbonyl (C=O) groups is 1. The van der Waals surface area contributed by atoms with Gasteiger partial charge in [0.25, 0.3) is 0 Å². The fourth-order valence-electron chi connectivity index (χ4n) is 3.03. The molecule has 8 N–H and O–H groups in total. The van der Waals surface area contributed by atoms with Crippen LogP contribution in [0.5, 0.6) is 0 Å². The molecule has 7 nitrogen and oxygen atoms in total. The van der Waals surface area contributed by atoms with Crippen LogP contribution in [0.4, 0.5) is 22.7 Å². The molecule has 168 valence electrons. The van der Waals surface area contributed by atoms with E-state index in [-0.39, 0.29) is 15.6 Å². The predicted octanol–water partition coefficient (Wildman–Crippen LogP) is 3.77. The number of hydrogen-bond donors (Lipinski definition) is 4. The Labute approximate surface area is 192 Å². The van der Waals surface area contributed by atoms with Crippen molar-refractivity contribution in [3.05, 3.63) is 108 Å². The molecule has 0 unspecified atom stereocenters. The topological polar surface area (TPSA) is 155 Å². The third-order valence-corrected chi connectivity index (χ3v) is 6.38. The summed E-state index contributed by atoms with van der Waals surface area (Å²) in [6.07, 6.45) is 0. The van der Waals surface area contributed by atoms with Gasteiger partial charge in [0.15, 0.2) is 5.78 Å². The normalized spacial score (nSPS) is 10.7. The maximum absolute atomic E-state index is 12.2. The van der Waals surface area contributed by atoms with Crippen LogP contribution in [0.25, 0.3) is 0 Å². The highest BCUT2D eigenvalue weighted by Gasteiger charge is 2.17. The third kappa shape index (κ3) is 5.90. The van der Waals surface area contributed by atoms with Gasteiger partial charge in [-0.1, -0.05) is 36.4 Å². The molecular weight excluding hydrogens is 436 g/mol. The average Bonchev–Trinajstić information content (AvgIpc) is 2.79. The van der Waals surface area contributed by atoms with Crippen LogP contribution in [-0.4, -0.2) is 14.2 Å². The van der Waals surface area contributed by atoms with Crippen LogP contribution in [0.3, 0.4) is 0 Å². The van der Waals surface area contributed by atoms with E-state index < -0.39 is 9.84 Å². The van der Waals surface area contributed by atoms with Crippen molar-refractivity contribution in [2.24, 2.45) is 0 Å². The van der Waals surface area contributed by atoms with Crippen LogP contribution in [0.15, 0.2) is 107 Å². The van der Waals surface area contributed by atoms with E-state index >= 15 is 0 Å². The van der Waals surface area contributed by atoms with Crippen molar-refractivity contribution >= 4 is 38.4 Å². The second-order valence-corrected chi connectivity index (χ2v) is 9.18. The molecule has 0 saturated carbocycles. The van der Waals surface area contributed by atoms with E-state index in [1.807, 2.05) is 0 Å². The molecule has 4 aromatic carbocycles. The van der Waals surface area contributed by atoms with Gasteiger partial charge in [0.1, 0.15) is 0 Å². The summed E-state index contributed by atoms with van der Waals surface area (Å²) in [6, 6.07) is 26.2. The second-order valence-electron chi connectivity index (χ2n) is 7.23. The zero-order valence-corrected chi connectivity index (χ0v) is 18.5. The lowest BCUT2D eigenvalue weighted by Crippen LogP contribution is -2.03. The van der Waals surface area contributed by atoms with E-state index in [1.165, 1.54) is 24.3 Å². The van der Waals surface area contributed by atoms with Crippen molar-refractivity contribution < 1.29 is 13.2 Å². The quantitative estimate of drug-likeness (QED) is 0.267. The highest BCUT2D eigenvalue weighted by atomic mass is 32.2. The van der Waals surface area contributed by atoms with Crippen LogP contribution < -0.4 is 22.9 Å². The Morgan fingerprint density at radius 2 is 0.848 bits per heavy atom. The van der Waals surface area contributed by atoms with E-state index in [9.17, 15) is 13.2 Å². The lowest BCUT2D eigenvalue weighted by molar-refractivity contribution is 0.103. The number of ketones is 1. The molecule has 0 spiro atoms. The van der Waals surface area contributed by atoms with Gasteiger partial charge in [-0.3, -0.25) is 4.79 Å². The van der Waals surface area contributed by atoms with Gasteiger partial charge in [-0.2, -0.15) is 0 Å². The summed E-state index contributed by atoms with van der Waals surface area (Å²) in [6.45, 7) is 0. The summed E-state index contributed by atoms with van der Waals surface area (Å²) in [5.41, 5.74) is 25.5. The van der Waals surface area contributed by atoms with E-state index in [1.54, 1.807) is 72.8 Å². The van der Waals surface area contributed by atoms with Gasteiger partial charge in [-0.25, -0.2) is 8.42 Å². The van der Waals surface area contributed by atoms with Crippen molar-refractivity contribution in [2.45, 2.75) is 9.79 Å². The molecule has 0 bridgehead atoms. The summed E-state index contributed by atoms with van der Waals surface area (Å²) in [7, 11) is -3.54. The highest BCUT2D eigenvalue weighted by molar-refractivity contribution is 7.91. The first kappa shape index (κ1) is 23.4. The van der Waals surface area contributed by atoms with E-state index in [0.29, 0.717) is 33.9 Å². The lowest BCUT2D eigenvalue weighted by atomic mass is 10.0. The lowest BCUT2D eigenvalue weighted by Gasteiger charge is -2.05. The predicted molar refractivity (Wildman–Crippen MR) is 132 cm³/mol. The van der Waals surface area contributed by atoms with E-state index in [0.717, 1.165) is 0 Å². The number of nitrogen functional groups attached to an aromatic ring is 4. The number of carbonyl (C=O) groups excluding carboxylic acids is 1. The Morgan fingerprint density at radius 1 is 0.515 bits per heavy atom. The largest absolute Gasteiger partial charge is 0.399 e. The molecule has 8 heteroatoms. The summed E-state index contributed by atoms with van der Waals surface area (Å²) >= 11 is 0. The van der Waals surface area contributed by atoms with Gasteiger partial charge in [0.05, 0.1) is 9.79 Å². The summed E-state index contributed by atoms with van der Waals surface area (Å²) in [5, 5.41) is 0. The minimum atomic E-state index is -3.54. The molecule has 4 rings (SSSR count). The van der Waals surface area contributed by atoms with Crippen LogP contribution in [0.2, 0.25) is 0 Å². The molecule has 0 heterocycles. The molecule has 0 saturated heterocycles. The van der Waals surface area contributed by atoms with Crippen molar-refractivity contribution in [3.63, 3.8) is 0 Å². The Bertz CT molecular complexity index is 1300. The SMILES string of the molecule is Nc1cccc(C(=O)c2cccc(N)c2)c1.Nc1cccc(S(=O)(=O)c2cccc(N)c2)c1. The molecule has 0 aliphatic rings. The van der Waals surface area contributed by atoms with Crippen LogP contribution in [0, 0.1) is 0 Å². The first-order chi connectivity index (χ1) is 15.7. The molecule has 0 aliphatic heterocycles. The Hall–Kier alpha value is -4.30. The molecule has 0 amide bonds. The smallest absolute Gasteiger partial charge is 0.206 e. The molecule has 0 radical (unpaired) electrons. The summed E-state index contributed by atoms with van der Waals surface area (Å²) in [5.74, 6) is -0.0698. The monoisotopic (exact) mass is 460 g/mol. The number of sulfone groups is 1. The van der Waals surface area contributed by atoms with Gasteiger partial charge in [0.2, 0.25) is 9.84 Å². The highest BCUT2D eigenvalue weighted by Crippen LogP contribution is 2.23. The van der Waals surface area contributed by atoms with E-state index in [4.69, 9.17) is 22.9 Å². The summed E-state index contributed by atoms with van der Waals surface area (Å²) in [4.78, 5) is 12.4. The molecule has 33 heavy (non-hydrogen) atoms. The average molecular weight is 461 g/mol. The van der Waals surface area contributed by atoms with E-state index in [2.05, 4.69) is 0 Å². The number of rotatable bonds is 4. The van der Waals surface area contributed by atoms with Crippen molar-refractivity contribution in [2.75, 3.05) is 22.9 Å². The van der Waals surface area contributed by atoms with Crippen molar-refractivity contribution in [1.82, 2.24) is 0 Å². The van der Waals surface area contributed by atoms with Crippen LogP contribution >= 0.6 is 0 Å². The number of benzene rings is 4. The van der Waals surface area contributed by atoms with Gasteiger partial charge in [0, 0.05) is 33.9 Å². The number of hydrogen-bond acceptors (Lipinski definition) is 7. The fourth-order valence-corrected chi connectivity index (χ4v) is 4.40. The molecule has 0 aromatic heterocycles. The standard InChI is InChI=1S/C13H12N2O.C12H12N2O2S/c14-11-5-1-3-9(7-11)13(16)10-4-2-6-12(15)8-10;13-9-3-1-5-11(7-9)17(15,16)12-6-2-4-10(14)8-12/h1-8H,14-15H2;1-8H,13-14H2.